The second-order valence-corrected chi connectivity index (χ2v) is 9.78. The van der Waals surface area contributed by atoms with E-state index >= 15 is 0 Å². The minimum Gasteiger partial charge on any atom is -0.410 e. The second-order valence-electron chi connectivity index (χ2n) is 7.62. The molecule has 0 spiro atoms. The van der Waals surface area contributed by atoms with Crippen molar-refractivity contribution in [1.82, 2.24) is 30.1 Å². The molecule has 0 saturated carbocycles. The first-order valence-corrected chi connectivity index (χ1v) is 12.6. The van der Waals surface area contributed by atoms with Gasteiger partial charge in [0.15, 0.2) is 0 Å². The molecule has 1 aromatic carbocycles. The third-order valence-corrected chi connectivity index (χ3v) is 7.60. The molecular formula is C22H26N6O2S2. The normalized spacial score (nSPS) is 14.5. The van der Waals surface area contributed by atoms with Gasteiger partial charge in [-0.05, 0) is 65.4 Å². The SMILES string of the molecule is Cn1nnnc1SCC1CCN(C(=O)Oc2ccc(CCSc3ccncc3)cc2)CC1. The van der Waals surface area contributed by atoms with E-state index in [1.54, 1.807) is 21.3 Å². The van der Waals surface area contributed by atoms with Crippen LogP contribution in [0.3, 0.4) is 0 Å². The molecule has 8 nitrogen and oxygen atoms in total. The standard InChI is InChI=1S/C22H26N6O2S2/c1-27-21(24-25-26-27)32-16-18-8-13-28(14-9-18)22(29)30-19-4-2-17(3-5-19)10-15-31-20-6-11-23-12-7-20/h2-7,11-12,18H,8-10,13-16H2,1H3. The van der Waals surface area contributed by atoms with Crippen molar-refractivity contribution in [1.29, 1.82) is 0 Å². The van der Waals surface area contributed by atoms with Gasteiger partial charge in [-0.25, -0.2) is 9.48 Å². The Morgan fingerprint density at radius 1 is 1.09 bits per heavy atom. The third-order valence-electron chi connectivity index (χ3n) is 5.34. The molecule has 4 rings (SSSR count). The van der Waals surface area contributed by atoms with Crippen molar-refractivity contribution in [2.45, 2.75) is 29.3 Å². The number of benzene rings is 1. The summed E-state index contributed by atoms with van der Waals surface area (Å²) in [5.74, 6) is 3.08. The molecule has 2 aromatic heterocycles. The minimum absolute atomic E-state index is 0.269. The number of tetrazole rings is 1. The number of ether oxygens (including phenoxy) is 1. The molecule has 0 atom stereocenters. The Morgan fingerprint density at radius 3 is 2.53 bits per heavy atom. The number of carbonyl (C=O) groups excluding carboxylic acids is 1. The van der Waals surface area contributed by atoms with Gasteiger partial charge >= 0.3 is 6.09 Å². The van der Waals surface area contributed by atoms with Gasteiger partial charge in [-0.1, -0.05) is 23.9 Å². The number of carbonyl (C=O) groups is 1. The molecule has 1 aliphatic heterocycles. The lowest BCUT2D eigenvalue weighted by molar-refractivity contribution is 0.134. The first-order valence-electron chi connectivity index (χ1n) is 10.6. The summed E-state index contributed by atoms with van der Waals surface area (Å²) < 4.78 is 7.28. The molecular weight excluding hydrogens is 444 g/mol. The van der Waals surface area contributed by atoms with Crippen molar-refractivity contribution in [2.75, 3.05) is 24.6 Å². The van der Waals surface area contributed by atoms with Crippen molar-refractivity contribution in [3.63, 3.8) is 0 Å². The first-order chi connectivity index (χ1) is 15.7. The summed E-state index contributed by atoms with van der Waals surface area (Å²) in [6, 6.07) is 11.8. The Hall–Kier alpha value is -2.59. The van der Waals surface area contributed by atoms with Gasteiger partial charge in [0.05, 0.1) is 0 Å². The highest BCUT2D eigenvalue weighted by Gasteiger charge is 2.24. The van der Waals surface area contributed by atoms with Gasteiger partial charge in [-0.15, -0.1) is 16.9 Å². The summed E-state index contributed by atoms with van der Waals surface area (Å²) in [6.07, 6.45) is 6.23. The zero-order chi connectivity index (χ0) is 22.2. The van der Waals surface area contributed by atoms with Gasteiger partial charge in [0, 0.05) is 48.9 Å². The Morgan fingerprint density at radius 2 is 1.84 bits per heavy atom. The topological polar surface area (TPSA) is 86.0 Å². The number of thioether (sulfide) groups is 2. The zero-order valence-electron chi connectivity index (χ0n) is 18.0. The molecule has 1 aliphatic rings. The molecule has 168 valence electrons. The van der Waals surface area contributed by atoms with Crippen LogP contribution >= 0.6 is 23.5 Å². The third kappa shape index (κ3) is 6.46. The van der Waals surface area contributed by atoms with Gasteiger partial charge in [-0.3, -0.25) is 4.98 Å². The molecule has 10 heteroatoms. The summed E-state index contributed by atoms with van der Waals surface area (Å²) in [6.45, 7) is 1.43. The molecule has 3 heterocycles. The van der Waals surface area contributed by atoms with E-state index in [-0.39, 0.29) is 6.09 Å². The van der Waals surface area contributed by atoms with E-state index in [1.807, 2.05) is 67.6 Å². The molecule has 0 unspecified atom stereocenters. The number of rotatable bonds is 8. The number of hydrogen-bond acceptors (Lipinski definition) is 8. The van der Waals surface area contributed by atoms with Crippen LogP contribution in [-0.4, -0.2) is 60.8 Å². The summed E-state index contributed by atoms with van der Waals surface area (Å²) >= 11 is 3.47. The predicted octanol–water partition coefficient (Wildman–Crippen LogP) is 3.94. The summed E-state index contributed by atoms with van der Waals surface area (Å²) in [7, 11) is 1.84. The molecule has 32 heavy (non-hydrogen) atoms. The fraction of sp³-hybridized carbons (Fsp3) is 0.409. The number of hydrogen-bond donors (Lipinski definition) is 0. The number of piperidine rings is 1. The summed E-state index contributed by atoms with van der Waals surface area (Å²) in [5, 5.41) is 12.3. The largest absolute Gasteiger partial charge is 0.415 e. The molecule has 0 radical (unpaired) electrons. The molecule has 1 amide bonds. The smallest absolute Gasteiger partial charge is 0.410 e. The van der Waals surface area contributed by atoms with Crippen LogP contribution in [-0.2, 0) is 13.5 Å². The van der Waals surface area contributed by atoms with E-state index in [0.717, 1.165) is 35.9 Å². The number of nitrogens with zero attached hydrogens (tertiary/aromatic N) is 6. The summed E-state index contributed by atoms with van der Waals surface area (Å²) in [5.41, 5.74) is 1.22. The van der Waals surface area contributed by atoms with E-state index in [4.69, 9.17) is 4.74 Å². The minimum atomic E-state index is -0.269. The Bertz CT molecular complexity index is 991. The highest BCUT2D eigenvalue weighted by molar-refractivity contribution is 7.99. The zero-order valence-corrected chi connectivity index (χ0v) is 19.6. The van der Waals surface area contributed by atoms with Crippen molar-refractivity contribution in [3.05, 3.63) is 54.4 Å². The van der Waals surface area contributed by atoms with Crippen LogP contribution in [0.25, 0.3) is 0 Å². The fourth-order valence-electron chi connectivity index (χ4n) is 3.43. The van der Waals surface area contributed by atoms with Crippen LogP contribution in [0.1, 0.15) is 18.4 Å². The molecule has 3 aromatic rings. The molecule has 1 fully saturated rings. The van der Waals surface area contributed by atoms with Crippen LogP contribution in [0.4, 0.5) is 4.79 Å². The number of aromatic nitrogens is 5. The van der Waals surface area contributed by atoms with Crippen molar-refractivity contribution in [3.8, 4) is 5.75 Å². The lowest BCUT2D eigenvalue weighted by atomic mass is 9.99. The van der Waals surface area contributed by atoms with Gasteiger partial charge in [0.2, 0.25) is 5.16 Å². The van der Waals surface area contributed by atoms with Gasteiger partial charge in [-0.2, -0.15) is 0 Å². The number of pyridine rings is 1. The highest BCUT2D eigenvalue weighted by atomic mass is 32.2. The maximum atomic E-state index is 12.5. The quantitative estimate of drug-likeness (QED) is 0.458. The molecule has 0 bridgehead atoms. The maximum Gasteiger partial charge on any atom is 0.415 e. The Balaban J connectivity index is 1.17. The summed E-state index contributed by atoms with van der Waals surface area (Å²) in [4.78, 5) is 19.6. The second kappa shape index (κ2) is 11.3. The van der Waals surface area contributed by atoms with Gasteiger partial charge < -0.3 is 9.64 Å². The van der Waals surface area contributed by atoms with Crippen LogP contribution in [0.5, 0.6) is 5.75 Å². The Kier molecular flexibility index (Phi) is 8.00. The highest BCUT2D eigenvalue weighted by Crippen LogP contribution is 2.25. The molecule has 0 N–H and O–H groups in total. The molecule has 0 aliphatic carbocycles. The lowest BCUT2D eigenvalue weighted by Crippen LogP contribution is -2.40. The number of likely N-dealkylation sites (tertiary alicyclic amines) is 1. The maximum absolute atomic E-state index is 12.5. The van der Waals surface area contributed by atoms with E-state index in [1.165, 1.54) is 10.5 Å². The van der Waals surface area contributed by atoms with Gasteiger partial charge in [0.25, 0.3) is 0 Å². The van der Waals surface area contributed by atoms with Crippen molar-refractivity contribution >= 4 is 29.6 Å². The monoisotopic (exact) mass is 470 g/mol. The fourth-order valence-corrected chi connectivity index (χ4v) is 5.35. The predicted molar refractivity (Wildman–Crippen MR) is 125 cm³/mol. The van der Waals surface area contributed by atoms with E-state index < -0.39 is 0 Å². The van der Waals surface area contributed by atoms with E-state index in [0.29, 0.717) is 24.8 Å². The lowest BCUT2D eigenvalue weighted by Gasteiger charge is -2.30. The van der Waals surface area contributed by atoms with E-state index in [2.05, 4.69) is 20.5 Å². The first kappa shape index (κ1) is 22.6. The van der Waals surface area contributed by atoms with Crippen molar-refractivity contribution in [2.24, 2.45) is 13.0 Å². The van der Waals surface area contributed by atoms with Crippen LogP contribution < -0.4 is 4.74 Å². The average molecular weight is 471 g/mol. The van der Waals surface area contributed by atoms with Crippen LogP contribution in [0.2, 0.25) is 0 Å². The van der Waals surface area contributed by atoms with E-state index in [9.17, 15) is 4.79 Å². The number of aryl methyl sites for hydroxylation is 2. The average Bonchev–Trinajstić information content (AvgIpc) is 3.24. The number of amides is 1. The Labute approximate surface area is 196 Å². The van der Waals surface area contributed by atoms with Crippen molar-refractivity contribution < 1.29 is 9.53 Å². The van der Waals surface area contributed by atoms with Gasteiger partial charge in [0.1, 0.15) is 5.75 Å². The van der Waals surface area contributed by atoms with Crippen LogP contribution in [0, 0.1) is 5.92 Å². The van der Waals surface area contributed by atoms with Crippen LogP contribution in [0.15, 0.2) is 58.8 Å². The molecule has 1 saturated heterocycles.